The van der Waals surface area contributed by atoms with Gasteiger partial charge in [0.25, 0.3) is 0 Å². The summed E-state index contributed by atoms with van der Waals surface area (Å²) in [5.74, 6) is 0.0850. The molecule has 1 aliphatic heterocycles. The maximum Gasteiger partial charge on any atom is 0.165 e. The Balaban J connectivity index is 2.60. The van der Waals surface area contributed by atoms with Crippen LogP contribution in [0, 0.1) is 5.82 Å². The van der Waals surface area contributed by atoms with Crippen LogP contribution in [0.1, 0.15) is 5.56 Å². The summed E-state index contributed by atoms with van der Waals surface area (Å²) in [5.41, 5.74) is 0.816. The lowest BCUT2D eigenvalue weighted by Gasteiger charge is -2.11. The van der Waals surface area contributed by atoms with Crippen LogP contribution >= 0.6 is 0 Å². The average Bonchev–Trinajstić information content (AvgIpc) is 2.06. The smallest absolute Gasteiger partial charge is 0.165 e. The van der Waals surface area contributed by atoms with Crippen molar-refractivity contribution in [2.24, 2.45) is 0 Å². The Bertz CT molecular complexity index is 304. The van der Waals surface area contributed by atoms with Gasteiger partial charge >= 0.3 is 0 Å². The number of rotatable bonds is 0. The molecule has 0 amide bonds. The van der Waals surface area contributed by atoms with E-state index in [1.165, 1.54) is 6.07 Å². The van der Waals surface area contributed by atoms with E-state index in [0.29, 0.717) is 12.4 Å². The number of hydrogen-bond acceptors (Lipinski definition) is 1. The van der Waals surface area contributed by atoms with Crippen LogP contribution < -0.4 is 4.74 Å². The zero-order valence-electron chi connectivity index (χ0n) is 5.88. The van der Waals surface area contributed by atoms with Crippen molar-refractivity contribution in [2.75, 3.05) is 6.61 Å². The zero-order valence-corrected chi connectivity index (χ0v) is 5.88. The fourth-order valence-electron chi connectivity index (χ4n) is 1.12. The van der Waals surface area contributed by atoms with Crippen molar-refractivity contribution in [2.45, 2.75) is 0 Å². The highest BCUT2D eigenvalue weighted by Crippen LogP contribution is 2.26. The molecule has 1 aromatic carbocycles. The molecule has 1 aliphatic rings. The van der Waals surface area contributed by atoms with Crippen molar-refractivity contribution in [3.63, 3.8) is 0 Å². The molecule has 2 heteroatoms. The van der Waals surface area contributed by atoms with Gasteiger partial charge in [-0.2, -0.15) is 0 Å². The molecule has 0 fully saturated rings. The molecule has 0 unspecified atom stereocenters. The summed E-state index contributed by atoms with van der Waals surface area (Å²) in [6, 6.07) is 4.90. The fraction of sp³-hybridized carbons (Fsp3) is 0.111. The number of ether oxygens (including phenoxy) is 1. The lowest BCUT2D eigenvalue weighted by molar-refractivity contribution is 0.337. The van der Waals surface area contributed by atoms with Crippen LogP contribution in [0.5, 0.6) is 5.75 Å². The van der Waals surface area contributed by atoms with Crippen molar-refractivity contribution in [3.05, 3.63) is 35.7 Å². The molecule has 0 bridgehead atoms. The van der Waals surface area contributed by atoms with E-state index in [1.54, 1.807) is 6.07 Å². The number of fused-ring (bicyclic) bond motifs is 1. The van der Waals surface area contributed by atoms with Gasteiger partial charge in [0, 0.05) is 5.56 Å². The second-order valence-corrected chi connectivity index (χ2v) is 2.37. The number of hydrogen-bond donors (Lipinski definition) is 0. The Kier molecular flexibility index (Phi) is 1.39. The Morgan fingerprint density at radius 1 is 1.36 bits per heavy atom. The average molecular weight is 150 g/mol. The van der Waals surface area contributed by atoms with Gasteiger partial charge in [0.05, 0.1) is 0 Å². The molecule has 0 radical (unpaired) electrons. The summed E-state index contributed by atoms with van der Waals surface area (Å²) in [6.07, 6.45) is 3.73. The minimum atomic E-state index is -0.285. The Labute approximate surface area is 64.1 Å². The van der Waals surface area contributed by atoms with Gasteiger partial charge in [0.1, 0.15) is 6.61 Å². The normalized spacial score (nSPS) is 13.9. The second kappa shape index (κ2) is 2.38. The first-order chi connectivity index (χ1) is 5.38. The summed E-state index contributed by atoms with van der Waals surface area (Å²) in [6.45, 7) is 0.466. The van der Waals surface area contributed by atoms with Gasteiger partial charge in [-0.1, -0.05) is 18.2 Å². The minimum absolute atomic E-state index is 0.285. The second-order valence-electron chi connectivity index (χ2n) is 2.37. The zero-order chi connectivity index (χ0) is 7.68. The van der Waals surface area contributed by atoms with Crippen molar-refractivity contribution in [1.29, 1.82) is 0 Å². The van der Waals surface area contributed by atoms with E-state index >= 15 is 0 Å². The van der Waals surface area contributed by atoms with Gasteiger partial charge in [-0.15, -0.1) is 0 Å². The first-order valence-electron chi connectivity index (χ1n) is 3.46. The fourth-order valence-corrected chi connectivity index (χ4v) is 1.12. The molecule has 0 N–H and O–H groups in total. The molecule has 0 aliphatic carbocycles. The third kappa shape index (κ3) is 1.00. The van der Waals surface area contributed by atoms with Crippen LogP contribution in [0.15, 0.2) is 24.3 Å². The van der Waals surface area contributed by atoms with E-state index < -0.39 is 0 Å². The molecule has 1 nitrogen and oxygen atoms in total. The van der Waals surface area contributed by atoms with Crippen LogP contribution in [-0.2, 0) is 0 Å². The highest BCUT2D eigenvalue weighted by Gasteiger charge is 2.09. The lowest BCUT2D eigenvalue weighted by Crippen LogP contribution is -2.01. The van der Waals surface area contributed by atoms with Crippen LogP contribution in [0.3, 0.4) is 0 Å². The van der Waals surface area contributed by atoms with Gasteiger partial charge in [-0.25, -0.2) is 4.39 Å². The van der Waals surface area contributed by atoms with Gasteiger partial charge in [0.15, 0.2) is 11.6 Å². The molecule has 0 aromatic heterocycles. The quantitative estimate of drug-likeness (QED) is 0.551. The SMILES string of the molecule is Fc1cccc2c1OCC=C2. The van der Waals surface area contributed by atoms with E-state index in [2.05, 4.69) is 0 Å². The number of halogens is 1. The first-order valence-corrected chi connectivity index (χ1v) is 3.46. The summed E-state index contributed by atoms with van der Waals surface area (Å²) in [7, 11) is 0. The predicted molar refractivity (Wildman–Crippen MR) is 40.9 cm³/mol. The van der Waals surface area contributed by atoms with Crippen molar-refractivity contribution in [3.8, 4) is 5.75 Å². The van der Waals surface area contributed by atoms with Crippen LogP contribution in [0.4, 0.5) is 4.39 Å². The summed E-state index contributed by atoms with van der Waals surface area (Å²) in [4.78, 5) is 0. The highest BCUT2D eigenvalue weighted by atomic mass is 19.1. The Morgan fingerprint density at radius 2 is 2.27 bits per heavy atom. The van der Waals surface area contributed by atoms with E-state index in [4.69, 9.17) is 4.74 Å². The maximum absolute atomic E-state index is 12.9. The predicted octanol–water partition coefficient (Wildman–Crippen LogP) is 2.23. The van der Waals surface area contributed by atoms with Crippen LogP contribution in [0.2, 0.25) is 0 Å². The topological polar surface area (TPSA) is 9.23 Å². The molecule has 0 saturated carbocycles. The molecule has 2 rings (SSSR count). The van der Waals surface area contributed by atoms with Gasteiger partial charge in [-0.05, 0) is 12.1 Å². The van der Waals surface area contributed by atoms with Crippen LogP contribution in [-0.4, -0.2) is 6.61 Å². The van der Waals surface area contributed by atoms with E-state index in [0.717, 1.165) is 5.56 Å². The monoisotopic (exact) mass is 150 g/mol. The summed E-state index contributed by atoms with van der Waals surface area (Å²) < 4.78 is 18.0. The molecular formula is C9H7FO. The summed E-state index contributed by atoms with van der Waals surface area (Å²) >= 11 is 0. The molecule has 1 heterocycles. The van der Waals surface area contributed by atoms with E-state index in [9.17, 15) is 4.39 Å². The van der Waals surface area contributed by atoms with E-state index in [1.807, 2.05) is 18.2 Å². The van der Waals surface area contributed by atoms with Crippen molar-refractivity contribution >= 4 is 6.08 Å². The standard InChI is InChI=1S/C9H7FO/c10-8-5-1-3-7-4-2-6-11-9(7)8/h1-5H,6H2. The van der Waals surface area contributed by atoms with Crippen molar-refractivity contribution in [1.82, 2.24) is 0 Å². The van der Waals surface area contributed by atoms with Gasteiger partial charge in [-0.3, -0.25) is 0 Å². The first kappa shape index (κ1) is 6.40. The molecule has 0 atom stereocenters. The van der Waals surface area contributed by atoms with E-state index in [-0.39, 0.29) is 5.82 Å². The third-order valence-corrected chi connectivity index (χ3v) is 1.62. The van der Waals surface area contributed by atoms with Gasteiger partial charge < -0.3 is 4.74 Å². The Hall–Kier alpha value is -1.31. The van der Waals surface area contributed by atoms with Gasteiger partial charge in [0.2, 0.25) is 0 Å². The molecule has 11 heavy (non-hydrogen) atoms. The largest absolute Gasteiger partial charge is 0.486 e. The number of benzene rings is 1. The maximum atomic E-state index is 12.9. The minimum Gasteiger partial charge on any atom is -0.486 e. The molecular weight excluding hydrogens is 143 g/mol. The molecule has 0 spiro atoms. The lowest BCUT2D eigenvalue weighted by atomic mass is 10.1. The molecule has 0 saturated heterocycles. The number of para-hydroxylation sites is 1. The Morgan fingerprint density at radius 3 is 3.09 bits per heavy atom. The third-order valence-electron chi connectivity index (χ3n) is 1.62. The molecule has 56 valence electrons. The van der Waals surface area contributed by atoms with Crippen molar-refractivity contribution < 1.29 is 9.13 Å². The van der Waals surface area contributed by atoms with Crippen LogP contribution in [0.25, 0.3) is 6.08 Å². The summed E-state index contributed by atoms with van der Waals surface area (Å²) in [5, 5.41) is 0. The highest BCUT2D eigenvalue weighted by molar-refractivity contribution is 5.59. The molecule has 1 aromatic rings.